The van der Waals surface area contributed by atoms with Gasteiger partial charge in [-0.3, -0.25) is 4.79 Å². The lowest BCUT2D eigenvalue weighted by molar-refractivity contribution is -0.137. The second-order valence-electron chi connectivity index (χ2n) is 8.69. The van der Waals surface area contributed by atoms with Crippen LogP contribution < -0.4 is 0 Å². The van der Waals surface area contributed by atoms with Crippen LogP contribution in [0.25, 0.3) is 0 Å². The van der Waals surface area contributed by atoms with E-state index in [1.54, 1.807) is 0 Å². The van der Waals surface area contributed by atoms with Crippen molar-refractivity contribution < 1.29 is 15.0 Å². The highest BCUT2D eigenvalue weighted by atomic mass is 16.4. The number of carboxylic acids is 1. The minimum absolute atomic E-state index is 0.235. The Morgan fingerprint density at radius 2 is 1.25 bits per heavy atom. The van der Waals surface area contributed by atoms with Crippen molar-refractivity contribution in [3.05, 3.63) is 60.9 Å². The summed E-state index contributed by atoms with van der Waals surface area (Å²) >= 11 is 0. The van der Waals surface area contributed by atoms with Gasteiger partial charge < -0.3 is 10.2 Å². The second kappa shape index (κ2) is 22.2. The van der Waals surface area contributed by atoms with E-state index in [2.05, 4.69) is 69.0 Å². The summed E-state index contributed by atoms with van der Waals surface area (Å²) in [6.45, 7) is 7.97. The number of unbranched alkanes of at least 4 members (excludes halogenated alkanes) is 6. The largest absolute Gasteiger partial charge is 0.513 e. The van der Waals surface area contributed by atoms with Gasteiger partial charge in [0, 0.05) is 12.8 Å². The van der Waals surface area contributed by atoms with E-state index in [1.165, 1.54) is 38.5 Å². The Balaban J connectivity index is 5.06. The molecule has 0 radical (unpaired) electrons. The maximum absolute atomic E-state index is 11.0. The topological polar surface area (TPSA) is 57.5 Å². The van der Waals surface area contributed by atoms with Crippen molar-refractivity contribution in [2.45, 2.75) is 104 Å². The fraction of sp³-hybridized carbons (Fsp3) is 0.621. The maximum Gasteiger partial charge on any atom is 0.303 e. The second-order valence-corrected chi connectivity index (χ2v) is 8.69. The van der Waals surface area contributed by atoms with Gasteiger partial charge in [0.15, 0.2) is 0 Å². The standard InChI is InChI=1S/C29H48O3/c1-4-6-8-9-10-13-17-23-28(24-19-25-29(31)32)27(21-15-7-5-2)22-18-14-11-12-16-20-26(3)30/h10-11,13-14,17-18,22-23,27-28,30H,3-9,12,15-16,19-21,24-25H2,1-2H3,(H,31,32)/b13-10-,14-11+,22-18+,23-17+/t27-,28-/m1/s1. The first-order chi connectivity index (χ1) is 15.5. The molecular formula is C29H48O3. The lowest BCUT2D eigenvalue weighted by Gasteiger charge is -2.22. The van der Waals surface area contributed by atoms with Gasteiger partial charge in [0.05, 0.1) is 5.76 Å². The molecule has 0 aromatic heterocycles. The summed E-state index contributed by atoms with van der Waals surface area (Å²) in [4.78, 5) is 11.0. The predicted molar refractivity (Wildman–Crippen MR) is 139 cm³/mol. The number of aliphatic hydroxyl groups is 1. The fourth-order valence-corrected chi connectivity index (χ4v) is 3.72. The highest BCUT2D eigenvalue weighted by Crippen LogP contribution is 2.27. The molecule has 0 bridgehead atoms. The molecule has 2 N–H and O–H groups in total. The minimum atomic E-state index is -0.713. The molecule has 182 valence electrons. The molecule has 0 aromatic carbocycles. The van der Waals surface area contributed by atoms with Crippen LogP contribution in [-0.2, 0) is 4.79 Å². The molecule has 0 spiro atoms. The molecule has 0 saturated heterocycles. The van der Waals surface area contributed by atoms with E-state index in [9.17, 15) is 4.79 Å². The van der Waals surface area contributed by atoms with Crippen molar-refractivity contribution in [2.75, 3.05) is 0 Å². The number of carboxylic acid groups (broad SMARTS) is 1. The Hall–Kier alpha value is -2.03. The van der Waals surface area contributed by atoms with Crippen LogP contribution in [0.1, 0.15) is 104 Å². The molecule has 32 heavy (non-hydrogen) atoms. The lowest BCUT2D eigenvalue weighted by atomic mass is 9.83. The zero-order chi connectivity index (χ0) is 23.9. The van der Waals surface area contributed by atoms with Gasteiger partial charge in [-0.25, -0.2) is 0 Å². The Morgan fingerprint density at radius 3 is 1.78 bits per heavy atom. The average molecular weight is 445 g/mol. The Bertz CT molecular complexity index is 583. The summed E-state index contributed by atoms with van der Waals surface area (Å²) in [5, 5.41) is 18.2. The average Bonchev–Trinajstić information content (AvgIpc) is 2.75. The Morgan fingerprint density at radius 1 is 0.719 bits per heavy atom. The van der Waals surface area contributed by atoms with Crippen LogP contribution in [0.5, 0.6) is 0 Å². The molecule has 0 saturated carbocycles. The van der Waals surface area contributed by atoms with Crippen LogP contribution >= 0.6 is 0 Å². The van der Waals surface area contributed by atoms with E-state index in [-0.39, 0.29) is 12.2 Å². The van der Waals surface area contributed by atoms with Crippen LogP contribution in [0.15, 0.2) is 60.9 Å². The van der Waals surface area contributed by atoms with Crippen molar-refractivity contribution in [1.29, 1.82) is 0 Å². The van der Waals surface area contributed by atoms with Crippen LogP contribution in [0.4, 0.5) is 0 Å². The first-order valence-electron chi connectivity index (χ1n) is 12.8. The highest BCUT2D eigenvalue weighted by Gasteiger charge is 2.16. The number of rotatable bonds is 21. The van der Waals surface area contributed by atoms with E-state index in [4.69, 9.17) is 10.2 Å². The summed E-state index contributed by atoms with van der Waals surface area (Å²) in [6, 6.07) is 0. The molecule has 0 unspecified atom stereocenters. The lowest BCUT2D eigenvalue weighted by Crippen LogP contribution is -2.12. The highest BCUT2D eigenvalue weighted by molar-refractivity contribution is 5.66. The minimum Gasteiger partial charge on any atom is -0.513 e. The Labute approximate surface area is 197 Å². The van der Waals surface area contributed by atoms with Gasteiger partial charge in [-0.2, -0.15) is 0 Å². The van der Waals surface area contributed by atoms with Crippen molar-refractivity contribution in [2.24, 2.45) is 11.8 Å². The third kappa shape index (κ3) is 19.9. The zero-order valence-corrected chi connectivity index (χ0v) is 20.7. The van der Waals surface area contributed by atoms with E-state index >= 15 is 0 Å². The van der Waals surface area contributed by atoms with Gasteiger partial charge >= 0.3 is 5.97 Å². The van der Waals surface area contributed by atoms with Gasteiger partial charge in [0.1, 0.15) is 0 Å². The van der Waals surface area contributed by atoms with Crippen molar-refractivity contribution in [3.8, 4) is 0 Å². The van der Waals surface area contributed by atoms with Crippen molar-refractivity contribution in [1.82, 2.24) is 0 Å². The molecule has 2 atom stereocenters. The molecule has 0 aliphatic carbocycles. The molecule has 0 fully saturated rings. The van der Waals surface area contributed by atoms with E-state index in [1.807, 2.05) is 0 Å². The molecular weight excluding hydrogens is 396 g/mol. The monoisotopic (exact) mass is 444 g/mol. The maximum atomic E-state index is 11.0. The van der Waals surface area contributed by atoms with Gasteiger partial charge in [0.2, 0.25) is 0 Å². The summed E-state index contributed by atoms with van der Waals surface area (Å²) in [7, 11) is 0. The molecule has 0 rings (SSSR count). The fourth-order valence-electron chi connectivity index (χ4n) is 3.72. The molecule has 0 aliphatic heterocycles. The van der Waals surface area contributed by atoms with Gasteiger partial charge in [-0.05, 0) is 56.8 Å². The number of aliphatic carboxylic acids is 1. The number of carbonyl (C=O) groups is 1. The summed E-state index contributed by atoms with van der Waals surface area (Å²) in [6.07, 6.45) is 31.5. The van der Waals surface area contributed by atoms with Gasteiger partial charge in [0.25, 0.3) is 0 Å². The number of allylic oxidation sites excluding steroid dienone is 9. The number of hydrogen-bond donors (Lipinski definition) is 2. The molecule has 0 heterocycles. The smallest absolute Gasteiger partial charge is 0.303 e. The van der Waals surface area contributed by atoms with E-state index in [0.717, 1.165) is 32.1 Å². The predicted octanol–water partition coefficient (Wildman–Crippen LogP) is 9.10. The molecule has 0 amide bonds. The van der Waals surface area contributed by atoms with Crippen molar-refractivity contribution >= 4 is 5.97 Å². The third-order valence-corrected chi connectivity index (χ3v) is 5.64. The summed E-state index contributed by atoms with van der Waals surface area (Å²) in [5.74, 6) is 0.311. The number of aliphatic hydroxyl groups excluding tert-OH is 1. The quantitative estimate of drug-likeness (QED) is 0.105. The van der Waals surface area contributed by atoms with Crippen LogP contribution in [0.3, 0.4) is 0 Å². The van der Waals surface area contributed by atoms with Crippen LogP contribution in [0, 0.1) is 11.8 Å². The zero-order valence-electron chi connectivity index (χ0n) is 20.7. The first kappa shape index (κ1) is 30.0. The van der Waals surface area contributed by atoms with Gasteiger partial charge in [-0.1, -0.05) is 101 Å². The molecule has 0 aromatic rings. The summed E-state index contributed by atoms with van der Waals surface area (Å²) < 4.78 is 0. The van der Waals surface area contributed by atoms with Crippen LogP contribution in [-0.4, -0.2) is 16.2 Å². The van der Waals surface area contributed by atoms with Crippen molar-refractivity contribution in [3.63, 3.8) is 0 Å². The van der Waals surface area contributed by atoms with E-state index in [0.29, 0.717) is 24.7 Å². The molecule has 3 nitrogen and oxygen atoms in total. The van der Waals surface area contributed by atoms with Crippen LogP contribution in [0.2, 0.25) is 0 Å². The normalized spacial score (nSPS) is 14.2. The van der Waals surface area contributed by atoms with Gasteiger partial charge in [-0.15, -0.1) is 0 Å². The molecule has 0 aliphatic rings. The third-order valence-electron chi connectivity index (χ3n) is 5.64. The Kier molecular flexibility index (Phi) is 20.8. The van der Waals surface area contributed by atoms with E-state index < -0.39 is 5.97 Å². The SMILES string of the molecule is C=C(O)CCC/C=C/C=C/[C@@H](CCCCC)[C@H](/C=C/C=C\CCCCC)CCCC(=O)O. The first-order valence-corrected chi connectivity index (χ1v) is 12.8. The number of hydrogen-bond acceptors (Lipinski definition) is 2. The summed E-state index contributed by atoms with van der Waals surface area (Å²) in [5.41, 5.74) is 0. The molecule has 3 heteroatoms.